The minimum Gasteiger partial charge on any atom is -0.399 e. The standard InChI is InChI=1S/C17H14N4/c1-9-6-10(18)7-14-15(9)16-11-4-2-3-5-13(11)20-8-12(16)17(19)21-14/h2-8H,18H2,1H3,(H2,19,21). The van der Waals surface area contributed by atoms with Crippen molar-refractivity contribution in [1.29, 1.82) is 0 Å². The molecule has 4 heteroatoms. The molecule has 0 atom stereocenters. The van der Waals surface area contributed by atoms with Crippen molar-refractivity contribution in [2.75, 3.05) is 11.5 Å². The molecule has 0 fully saturated rings. The van der Waals surface area contributed by atoms with Gasteiger partial charge in [0.15, 0.2) is 0 Å². The number of hydrogen-bond acceptors (Lipinski definition) is 4. The minimum absolute atomic E-state index is 0.487. The average Bonchev–Trinajstić information content (AvgIpc) is 2.46. The van der Waals surface area contributed by atoms with E-state index in [4.69, 9.17) is 11.5 Å². The molecule has 0 spiro atoms. The molecule has 0 aliphatic rings. The number of nitrogens with two attached hydrogens (primary N) is 2. The van der Waals surface area contributed by atoms with Gasteiger partial charge in [0.1, 0.15) is 5.82 Å². The van der Waals surface area contributed by atoms with E-state index >= 15 is 0 Å². The maximum atomic E-state index is 6.12. The summed E-state index contributed by atoms with van der Waals surface area (Å²) in [5, 5.41) is 4.16. The van der Waals surface area contributed by atoms with Crippen LogP contribution in [-0.2, 0) is 0 Å². The number of aryl methyl sites for hydroxylation is 1. The average molecular weight is 274 g/mol. The highest BCUT2D eigenvalue weighted by atomic mass is 14.8. The molecular weight excluding hydrogens is 260 g/mol. The molecule has 4 rings (SSSR count). The Bertz CT molecular complexity index is 1020. The fourth-order valence-electron chi connectivity index (χ4n) is 3.00. The lowest BCUT2D eigenvalue weighted by Crippen LogP contribution is -1.97. The highest BCUT2D eigenvalue weighted by Gasteiger charge is 2.12. The fraction of sp³-hybridized carbons (Fsp3) is 0.0588. The van der Waals surface area contributed by atoms with Crippen molar-refractivity contribution in [3.8, 4) is 0 Å². The number of nitrogen functional groups attached to an aromatic ring is 2. The van der Waals surface area contributed by atoms with Crippen molar-refractivity contribution in [2.45, 2.75) is 6.92 Å². The van der Waals surface area contributed by atoms with Crippen LogP contribution in [0.15, 0.2) is 42.6 Å². The second kappa shape index (κ2) is 4.06. The number of hydrogen-bond donors (Lipinski definition) is 2. The molecule has 4 aromatic rings. The summed E-state index contributed by atoms with van der Waals surface area (Å²) in [7, 11) is 0. The Morgan fingerprint density at radius 2 is 1.71 bits per heavy atom. The van der Waals surface area contributed by atoms with Crippen LogP contribution in [0.1, 0.15) is 5.56 Å². The molecule has 102 valence electrons. The topological polar surface area (TPSA) is 77.8 Å². The van der Waals surface area contributed by atoms with E-state index in [2.05, 4.69) is 16.0 Å². The van der Waals surface area contributed by atoms with Crippen LogP contribution in [0.3, 0.4) is 0 Å². The van der Waals surface area contributed by atoms with Gasteiger partial charge in [-0.15, -0.1) is 0 Å². The highest BCUT2D eigenvalue weighted by Crippen LogP contribution is 2.35. The third-order valence-corrected chi connectivity index (χ3v) is 3.88. The molecule has 0 radical (unpaired) electrons. The molecule has 4 nitrogen and oxygen atoms in total. The Morgan fingerprint density at radius 1 is 0.905 bits per heavy atom. The van der Waals surface area contributed by atoms with Crippen molar-refractivity contribution in [2.24, 2.45) is 0 Å². The molecule has 0 amide bonds. The molecule has 0 bridgehead atoms. The summed E-state index contributed by atoms with van der Waals surface area (Å²) in [6.45, 7) is 2.05. The van der Waals surface area contributed by atoms with Crippen molar-refractivity contribution in [3.63, 3.8) is 0 Å². The van der Waals surface area contributed by atoms with Crippen LogP contribution in [0, 0.1) is 6.92 Å². The van der Waals surface area contributed by atoms with Crippen LogP contribution in [-0.4, -0.2) is 9.97 Å². The van der Waals surface area contributed by atoms with Crippen LogP contribution in [0.5, 0.6) is 0 Å². The zero-order chi connectivity index (χ0) is 14.6. The number of anilines is 2. The first kappa shape index (κ1) is 11.9. The number of para-hydroxylation sites is 1. The third-order valence-electron chi connectivity index (χ3n) is 3.88. The van der Waals surface area contributed by atoms with Gasteiger partial charge in [0.25, 0.3) is 0 Å². The minimum atomic E-state index is 0.487. The zero-order valence-electron chi connectivity index (χ0n) is 11.6. The summed E-state index contributed by atoms with van der Waals surface area (Å²) >= 11 is 0. The summed E-state index contributed by atoms with van der Waals surface area (Å²) in [6.07, 6.45) is 1.80. The maximum absolute atomic E-state index is 6.12. The molecule has 2 heterocycles. The number of benzene rings is 2. The van der Waals surface area contributed by atoms with E-state index in [1.54, 1.807) is 6.20 Å². The Hall–Kier alpha value is -2.88. The number of aromatic nitrogens is 2. The first-order valence-electron chi connectivity index (χ1n) is 6.78. The molecule has 0 saturated heterocycles. The number of nitrogens with zero attached hydrogens (tertiary/aromatic N) is 2. The van der Waals surface area contributed by atoms with E-state index in [-0.39, 0.29) is 0 Å². The van der Waals surface area contributed by atoms with E-state index in [1.165, 1.54) is 0 Å². The summed E-state index contributed by atoms with van der Waals surface area (Å²) in [5.41, 5.74) is 15.6. The highest BCUT2D eigenvalue weighted by molar-refractivity contribution is 6.21. The van der Waals surface area contributed by atoms with Gasteiger partial charge in [0, 0.05) is 33.4 Å². The molecule has 0 unspecified atom stereocenters. The van der Waals surface area contributed by atoms with Crippen LogP contribution in [0.2, 0.25) is 0 Å². The largest absolute Gasteiger partial charge is 0.399 e. The second-order valence-corrected chi connectivity index (χ2v) is 5.29. The molecule has 2 aromatic carbocycles. The summed E-state index contributed by atoms with van der Waals surface area (Å²) in [5.74, 6) is 0.487. The van der Waals surface area contributed by atoms with Gasteiger partial charge in [-0.3, -0.25) is 4.98 Å². The van der Waals surface area contributed by atoms with Gasteiger partial charge in [-0.25, -0.2) is 4.98 Å². The van der Waals surface area contributed by atoms with Crippen LogP contribution in [0.25, 0.3) is 32.6 Å². The first-order valence-corrected chi connectivity index (χ1v) is 6.78. The van der Waals surface area contributed by atoms with Crippen LogP contribution >= 0.6 is 0 Å². The second-order valence-electron chi connectivity index (χ2n) is 5.29. The van der Waals surface area contributed by atoms with Crippen molar-refractivity contribution >= 4 is 44.1 Å². The van der Waals surface area contributed by atoms with Gasteiger partial charge < -0.3 is 11.5 Å². The lowest BCUT2D eigenvalue weighted by Gasteiger charge is -2.12. The summed E-state index contributed by atoms with van der Waals surface area (Å²) in [4.78, 5) is 8.97. The van der Waals surface area contributed by atoms with Gasteiger partial charge in [0.2, 0.25) is 0 Å². The SMILES string of the molecule is Cc1cc(N)cc2nc(N)c3cnc4ccccc4c3c12. The molecule has 4 N–H and O–H groups in total. The Morgan fingerprint density at radius 3 is 2.57 bits per heavy atom. The van der Waals surface area contributed by atoms with Gasteiger partial charge in [-0.2, -0.15) is 0 Å². The van der Waals surface area contributed by atoms with E-state index in [1.807, 2.05) is 37.3 Å². The molecule has 0 aliphatic carbocycles. The predicted molar refractivity (Wildman–Crippen MR) is 88.1 cm³/mol. The van der Waals surface area contributed by atoms with Crippen molar-refractivity contribution in [1.82, 2.24) is 9.97 Å². The number of rotatable bonds is 0. The van der Waals surface area contributed by atoms with Gasteiger partial charge in [0.05, 0.1) is 11.0 Å². The monoisotopic (exact) mass is 274 g/mol. The normalized spacial score (nSPS) is 11.5. The summed E-state index contributed by atoms with van der Waals surface area (Å²) < 4.78 is 0. The zero-order valence-corrected chi connectivity index (χ0v) is 11.6. The van der Waals surface area contributed by atoms with Gasteiger partial charge >= 0.3 is 0 Å². The van der Waals surface area contributed by atoms with Crippen LogP contribution in [0.4, 0.5) is 11.5 Å². The molecule has 2 aromatic heterocycles. The fourth-order valence-corrected chi connectivity index (χ4v) is 3.00. The predicted octanol–water partition coefficient (Wildman–Crippen LogP) is 3.41. The quantitative estimate of drug-likeness (QED) is 0.380. The Kier molecular flexibility index (Phi) is 2.30. The first-order chi connectivity index (χ1) is 10.1. The summed E-state index contributed by atoms with van der Waals surface area (Å²) in [6, 6.07) is 11.9. The van der Waals surface area contributed by atoms with Crippen molar-refractivity contribution in [3.05, 3.63) is 48.2 Å². The number of pyridine rings is 2. The molecular formula is C17H14N4. The number of fused-ring (bicyclic) bond motifs is 5. The maximum Gasteiger partial charge on any atom is 0.133 e. The van der Waals surface area contributed by atoms with Crippen LogP contribution < -0.4 is 11.5 Å². The van der Waals surface area contributed by atoms with Gasteiger partial charge in [-0.1, -0.05) is 18.2 Å². The lowest BCUT2D eigenvalue weighted by molar-refractivity contribution is 1.39. The molecule has 21 heavy (non-hydrogen) atoms. The van der Waals surface area contributed by atoms with Crippen molar-refractivity contribution < 1.29 is 0 Å². The Balaban J connectivity index is 2.40. The van der Waals surface area contributed by atoms with Gasteiger partial charge in [-0.05, 0) is 30.7 Å². The van der Waals surface area contributed by atoms with E-state index in [9.17, 15) is 0 Å². The smallest absolute Gasteiger partial charge is 0.133 e. The lowest BCUT2D eigenvalue weighted by atomic mass is 9.99. The Labute approximate surface area is 121 Å². The van der Waals surface area contributed by atoms with E-state index in [0.717, 1.165) is 38.1 Å². The molecule has 0 aliphatic heterocycles. The van der Waals surface area contributed by atoms with E-state index < -0.39 is 0 Å². The van der Waals surface area contributed by atoms with E-state index in [0.29, 0.717) is 11.5 Å². The third kappa shape index (κ3) is 1.62. The molecule has 0 saturated carbocycles.